The van der Waals surface area contributed by atoms with Gasteiger partial charge >= 0.3 is 12.6 Å². The van der Waals surface area contributed by atoms with Crippen LogP contribution in [0.5, 0.6) is 5.75 Å². The minimum Gasteiger partial charge on any atom is -0.462 e. The molecular formula is C10H10ClF2NO3. The van der Waals surface area contributed by atoms with Gasteiger partial charge in [-0.05, 0) is 13.0 Å². The number of alkyl halides is 2. The molecule has 0 saturated heterocycles. The van der Waals surface area contributed by atoms with Crippen molar-refractivity contribution in [3.63, 3.8) is 0 Å². The van der Waals surface area contributed by atoms with Crippen LogP contribution in [0.3, 0.4) is 0 Å². The van der Waals surface area contributed by atoms with Gasteiger partial charge in [0.1, 0.15) is 5.75 Å². The fourth-order valence-electron chi connectivity index (χ4n) is 1.15. The molecule has 94 valence electrons. The number of hydrogen-bond donors (Lipinski definition) is 1. The molecule has 0 radical (unpaired) electrons. The van der Waals surface area contributed by atoms with Crippen molar-refractivity contribution in [2.45, 2.75) is 13.5 Å². The molecule has 0 heterocycles. The Balaban J connectivity index is 3.10. The molecule has 0 amide bonds. The van der Waals surface area contributed by atoms with Crippen LogP contribution in [0.2, 0.25) is 5.02 Å². The molecule has 1 rings (SSSR count). The largest absolute Gasteiger partial charge is 0.462 e. The van der Waals surface area contributed by atoms with Gasteiger partial charge in [-0.15, -0.1) is 0 Å². The summed E-state index contributed by atoms with van der Waals surface area (Å²) in [6.07, 6.45) is 0. The van der Waals surface area contributed by atoms with Gasteiger partial charge in [0.25, 0.3) is 0 Å². The van der Waals surface area contributed by atoms with E-state index in [2.05, 4.69) is 4.74 Å². The minimum absolute atomic E-state index is 0.0344. The number of ether oxygens (including phenoxy) is 2. The highest BCUT2D eigenvalue weighted by atomic mass is 35.5. The van der Waals surface area contributed by atoms with Crippen LogP contribution in [0.1, 0.15) is 17.3 Å². The maximum absolute atomic E-state index is 12.0. The van der Waals surface area contributed by atoms with E-state index >= 15 is 0 Å². The summed E-state index contributed by atoms with van der Waals surface area (Å²) in [5.74, 6) is -0.992. The van der Waals surface area contributed by atoms with E-state index in [-0.39, 0.29) is 28.6 Å². The minimum atomic E-state index is -3.01. The molecule has 0 unspecified atom stereocenters. The standard InChI is InChI=1S/C10H10ClF2NO3/c1-2-16-9(15)6-3-5(17-10(12)13)4-7(14)8(6)11/h3-4,10H,2,14H2,1H3. The molecule has 17 heavy (non-hydrogen) atoms. The summed E-state index contributed by atoms with van der Waals surface area (Å²) >= 11 is 5.76. The SMILES string of the molecule is CCOC(=O)c1cc(OC(F)F)cc(N)c1Cl. The molecule has 0 atom stereocenters. The first-order valence-corrected chi connectivity index (χ1v) is 5.04. The first-order chi connectivity index (χ1) is 7.95. The van der Waals surface area contributed by atoms with Crippen LogP contribution in [-0.2, 0) is 4.74 Å². The third-order valence-corrected chi connectivity index (χ3v) is 2.22. The van der Waals surface area contributed by atoms with E-state index in [1.807, 2.05) is 0 Å². The number of carbonyl (C=O) groups is 1. The van der Waals surface area contributed by atoms with Crippen molar-refractivity contribution in [2.24, 2.45) is 0 Å². The van der Waals surface area contributed by atoms with E-state index < -0.39 is 12.6 Å². The second-order valence-electron chi connectivity index (χ2n) is 2.97. The molecule has 0 aliphatic heterocycles. The van der Waals surface area contributed by atoms with Gasteiger partial charge in [0.05, 0.1) is 22.9 Å². The van der Waals surface area contributed by atoms with Crippen molar-refractivity contribution in [3.05, 3.63) is 22.7 Å². The number of nitrogens with two attached hydrogens (primary N) is 1. The average molecular weight is 266 g/mol. The van der Waals surface area contributed by atoms with Gasteiger partial charge in [-0.2, -0.15) is 8.78 Å². The molecule has 7 heteroatoms. The van der Waals surface area contributed by atoms with Gasteiger partial charge < -0.3 is 15.2 Å². The van der Waals surface area contributed by atoms with Crippen molar-refractivity contribution in [1.82, 2.24) is 0 Å². The van der Waals surface area contributed by atoms with Gasteiger partial charge in [0, 0.05) is 6.07 Å². The van der Waals surface area contributed by atoms with E-state index in [0.717, 1.165) is 12.1 Å². The van der Waals surface area contributed by atoms with E-state index in [0.29, 0.717) is 0 Å². The molecule has 2 N–H and O–H groups in total. The maximum Gasteiger partial charge on any atom is 0.387 e. The highest BCUT2D eigenvalue weighted by Crippen LogP contribution is 2.30. The lowest BCUT2D eigenvalue weighted by molar-refractivity contribution is -0.0498. The van der Waals surface area contributed by atoms with Gasteiger partial charge in [0.15, 0.2) is 0 Å². The highest BCUT2D eigenvalue weighted by molar-refractivity contribution is 6.36. The summed E-state index contributed by atoms with van der Waals surface area (Å²) in [5.41, 5.74) is 5.32. The summed E-state index contributed by atoms with van der Waals surface area (Å²) in [6.45, 7) is -1.27. The summed E-state index contributed by atoms with van der Waals surface area (Å²) in [6, 6.07) is 2.17. The summed E-state index contributed by atoms with van der Waals surface area (Å²) < 4.78 is 32.9. The monoisotopic (exact) mass is 265 g/mol. The number of hydrogen-bond acceptors (Lipinski definition) is 4. The van der Waals surface area contributed by atoms with Crippen molar-refractivity contribution in [3.8, 4) is 5.75 Å². The number of esters is 1. The molecule has 1 aromatic rings. The zero-order valence-electron chi connectivity index (χ0n) is 8.88. The average Bonchev–Trinajstić information content (AvgIpc) is 2.22. The Kier molecular flexibility index (Phi) is 4.51. The summed E-state index contributed by atoms with van der Waals surface area (Å²) in [4.78, 5) is 11.5. The van der Waals surface area contributed by atoms with Crippen molar-refractivity contribution >= 4 is 23.3 Å². The molecule has 1 aromatic carbocycles. The lowest BCUT2D eigenvalue weighted by atomic mass is 10.2. The van der Waals surface area contributed by atoms with Crippen molar-refractivity contribution in [1.29, 1.82) is 0 Å². The molecule has 0 bridgehead atoms. The van der Waals surface area contributed by atoms with E-state index in [1.165, 1.54) is 0 Å². The molecule has 4 nitrogen and oxygen atoms in total. The Hall–Kier alpha value is -1.56. The fourth-order valence-corrected chi connectivity index (χ4v) is 1.33. The number of rotatable bonds is 4. The van der Waals surface area contributed by atoms with Gasteiger partial charge in [0.2, 0.25) is 0 Å². The summed E-state index contributed by atoms with van der Waals surface area (Å²) in [7, 11) is 0. The number of benzene rings is 1. The van der Waals surface area contributed by atoms with E-state index in [9.17, 15) is 13.6 Å². The van der Waals surface area contributed by atoms with Gasteiger partial charge in [-0.25, -0.2) is 4.79 Å². The second kappa shape index (κ2) is 5.67. The molecule has 0 aliphatic carbocycles. The lowest BCUT2D eigenvalue weighted by Crippen LogP contribution is -2.09. The fraction of sp³-hybridized carbons (Fsp3) is 0.300. The Morgan fingerprint density at radius 2 is 2.18 bits per heavy atom. The van der Waals surface area contributed by atoms with Crippen molar-refractivity contribution in [2.75, 3.05) is 12.3 Å². The molecule has 0 saturated carbocycles. The van der Waals surface area contributed by atoms with Crippen LogP contribution < -0.4 is 10.5 Å². The number of halogens is 3. The summed E-state index contributed by atoms with van der Waals surface area (Å²) in [5, 5.41) is -0.0509. The first-order valence-electron chi connectivity index (χ1n) is 4.66. The second-order valence-corrected chi connectivity index (χ2v) is 3.35. The van der Waals surface area contributed by atoms with Crippen molar-refractivity contribution < 1.29 is 23.0 Å². The van der Waals surface area contributed by atoms with Crippen LogP contribution in [0, 0.1) is 0 Å². The predicted molar refractivity (Wildman–Crippen MR) is 58.5 cm³/mol. The Bertz CT molecular complexity index is 426. The Labute approximate surface area is 101 Å². The van der Waals surface area contributed by atoms with Crippen LogP contribution >= 0.6 is 11.6 Å². The van der Waals surface area contributed by atoms with Gasteiger partial charge in [-0.1, -0.05) is 11.6 Å². The molecular weight excluding hydrogens is 256 g/mol. The number of anilines is 1. The Morgan fingerprint density at radius 3 is 2.71 bits per heavy atom. The molecule has 0 spiro atoms. The molecule has 0 aromatic heterocycles. The highest BCUT2D eigenvalue weighted by Gasteiger charge is 2.17. The van der Waals surface area contributed by atoms with E-state index in [1.54, 1.807) is 6.92 Å². The number of nitrogen functional groups attached to an aromatic ring is 1. The lowest BCUT2D eigenvalue weighted by Gasteiger charge is -2.10. The maximum atomic E-state index is 12.0. The molecule has 0 fully saturated rings. The zero-order valence-corrected chi connectivity index (χ0v) is 9.63. The first kappa shape index (κ1) is 13.5. The normalized spacial score (nSPS) is 10.4. The smallest absolute Gasteiger partial charge is 0.387 e. The van der Waals surface area contributed by atoms with Crippen LogP contribution in [0.15, 0.2) is 12.1 Å². The predicted octanol–water partition coefficient (Wildman–Crippen LogP) is 2.70. The van der Waals surface area contributed by atoms with Crippen LogP contribution in [0.25, 0.3) is 0 Å². The Morgan fingerprint density at radius 1 is 1.53 bits per heavy atom. The van der Waals surface area contributed by atoms with E-state index in [4.69, 9.17) is 22.1 Å². The third kappa shape index (κ3) is 3.45. The van der Waals surface area contributed by atoms with Crippen LogP contribution in [0.4, 0.5) is 14.5 Å². The van der Waals surface area contributed by atoms with Crippen LogP contribution in [-0.4, -0.2) is 19.2 Å². The van der Waals surface area contributed by atoms with Gasteiger partial charge in [-0.3, -0.25) is 0 Å². The number of carbonyl (C=O) groups excluding carboxylic acids is 1. The third-order valence-electron chi connectivity index (χ3n) is 1.79. The quantitative estimate of drug-likeness (QED) is 0.672. The zero-order chi connectivity index (χ0) is 13.0. The topological polar surface area (TPSA) is 61.5 Å². The molecule has 0 aliphatic rings.